The van der Waals surface area contributed by atoms with E-state index in [0.717, 1.165) is 49.1 Å². The van der Waals surface area contributed by atoms with Crippen LogP contribution < -0.4 is 29.9 Å². The number of halogens is 4. The number of rotatable bonds is 16. The fraction of sp³-hybridized carbons (Fsp3) is 0.271. The fourth-order valence-corrected chi connectivity index (χ4v) is 5.20. The molecular weight excluding hydrogens is 833 g/mol. The van der Waals surface area contributed by atoms with Gasteiger partial charge in [0.1, 0.15) is 58.7 Å². The smallest absolute Gasteiger partial charge is 0.270 e. The number of benzene rings is 4. The maximum absolute atomic E-state index is 13.2. The number of hydrogen-bond donors (Lipinski definition) is 2. The van der Waals surface area contributed by atoms with Crippen molar-refractivity contribution in [1.29, 1.82) is 0 Å². The number of aromatic nitrogens is 2. The van der Waals surface area contributed by atoms with Crippen molar-refractivity contribution in [3.8, 4) is 11.5 Å². The molecule has 0 saturated heterocycles. The van der Waals surface area contributed by atoms with Crippen LogP contribution in [0.15, 0.2) is 117 Å². The topological polar surface area (TPSA) is 135 Å². The summed E-state index contributed by atoms with van der Waals surface area (Å²) in [6, 6.07) is 21.2. The van der Waals surface area contributed by atoms with Crippen molar-refractivity contribution >= 4 is 36.1 Å². The Morgan fingerprint density at radius 2 is 1.20 bits per heavy atom. The number of methoxy groups -OCH3 is 2. The highest BCUT2D eigenvalue weighted by Gasteiger charge is 2.20. The second-order valence-electron chi connectivity index (χ2n) is 13.8. The number of ether oxygens (including phenoxy) is 2. The number of carbonyl (C=O) groups excluding carboxylic acids is 4. The van der Waals surface area contributed by atoms with Crippen LogP contribution in [0.4, 0.5) is 28.9 Å². The molecule has 0 saturated carbocycles. The minimum absolute atomic E-state index is 0.00253. The predicted molar refractivity (Wildman–Crippen MR) is 245 cm³/mol. The Hall–Kier alpha value is -7.07. The van der Waals surface area contributed by atoms with Gasteiger partial charge in [-0.25, -0.2) is 22.5 Å². The van der Waals surface area contributed by atoms with E-state index >= 15 is 0 Å². The summed E-state index contributed by atoms with van der Waals surface area (Å²) >= 11 is 0. The zero-order valence-corrected chi connectivity index (χ0v) is 37.5. The van der Waals surface area contributed by atoms with Crippen LogP contribution in [0.25, 0.3) is 0 Å². The highest BCUT2D eigenvalue weighted by atomic mass is 19.1. The molecule has 344 valence electrons. The predicted octanol–water partition coefficient (Wildman–Crippen LogP) is 7.75. The average molecular weight is 891 g/mol. The molecule has 2 atom stereocenters. The first kappa shape index (κ1) is 54.9. The van der Waals surface area contributed by atoms with E-state index < -0.39 is 35.2 Å². The molecule has 0 spiro atoms. The fourth-order valence-electron chi connectivity index (χ4n) is 5.20. The lowest BCUT2D eigenvalue weighted by molar-refractivity contribution is -0.110. The summed E-state index contributed by atoms with van der Waals surface area (Å²) in [5.41, 5.74) is 3.10. The lowest BCUT2D eigenvalue weighted by Crippen LogP contribution is -2.38. The third-order valence-corrected chi connectivity index (χ3v) is 8.65. The minimum Gasteiger partial charge on any atom is -0.497 e. The Bertz CT molecular complexity index is 2070. The SMILES string of the molecule is C=CCN(C)c1ccc(OC)cc1.C=CCN(C)c1ccc(OC)cc1.CN[C@@H](C)C=O.Cc1cc(F)cc(F)c1.Cn1cnc(C=O)c1C(=O)NC(C=O)Cc1cc(F)cc(F)c1. The van der Waals surface area contributed by atoms with Gasteiger partial charge in [-0.3, -0.25) is 9.59 Å². The number of nitrogens with one attached hydrogen (secondary N) is 2. The lowest BCUT2D eigenvalue weighted by atomic mass is 10.1. The van der Waals surface area contributed by atoms with Crippen LogP contribution in [-0.4, -0.2) is 94.9 Å². The Morgan fingerprint density at radius 3 is 1.53 bits per heavy atom. The van der Waals surface area contributed by atoms with Crippen molar-refractivity contribution in [3.63, 3.8) is 0 Å². The summed E-state index contributed by atoms with van der Waals surface area (Å²) in [4.78, 5) is 51.8. The van der Waals surface area contributed by atoms with E-state index in [1.807, 2.05) is 74.8 Å². The molecule has 0 aliphatic rings. The molecule has 0 fully saturated rings. The van der Waals surface area contributed by atoms with E-state index in [2.05, 4.69) is 38.6 Å². The van der Waals surface area contributed by atoms with Crippen molar-refractivity contribution in [3.05, 3.63) is 162 Å². The molecule has 1 unspecified atom stereocenters. The third kappa shape index (κ3) is 20.7. The van der Waals surface area contributed by atoms with Gasteiger partial charge >= 0.3 is 0 Å². The van der Waals surface area contributed by atoms with Crippen molar-refractivity contribution < 1.29 is 46.2 Å². The van der Waals surface area contributed by atoms with Crippen LogP contribution >= 0.6 is 0 Å². The second kappa shape index (κ2) is 30.1. The number of anilines is 2. The Balaban J connectivity index is 0.000000430. The van der Waals surface area contributed by atoms with Gasteiger partial charge in [0, 0.05) is 57.7 Å². The zero-order valence-electron chi connectivity index (χ0n) is 37.5. The second-order valence-corrected chi connectivity index (χ2v) is 13.8. The Morgan fingerprint density at radius 1 is 0.766 bits per heavy atom. The summed E-state index contributed by atoms with van der Waals surface area (Å²) in [6.07, 6.45) is 6.70. The number of imidazole rings is 1. The molecule has 5 aromatic rings. The van der Waals surface area contributed by atoms with Gasteiger partial charge in [-0.05, 0) is 111 Å². The molecule has 2 N–H and O–H groups in total. The molecule has 1 aromatic heterocycles. The molecule has 1 heterocycles. The highest BCUT2D eigenvalue weighted by molar-refractivity contribution is 6.00. The van der Waals surface area contributed by atoms with Gasteiger partial charge in [-0.1, -0.05) is 12.2 Å². The van der Waals surface area contributed by atoms with Crippen LogP contribution in [0.1, 0.15) is 39.0 Å². The number of amides is 1. The maximum Gasteiger partial charge on any atom is 0.270 e. The van der Waals surface area contributed by atoms with Gasteiger partial charge in [-0.2, -0.15) is 0 Å². The first-order valence-electron chi connectivity index (χ1n) is 19.6. The standard InChI is InChI=1S/C15H13F2N3O3.2C11H15NO.C7H6F2.C4H9NO/c1-20-8-18-13(7-22)14(20)15(23)19-12(6-21)4-9-2-10(16)5-11(17)3-9;2*1-4-9-12(2)10-5-7-11(13-3)8-6-10;1-5-2-6(8)4-7(9)3-5;1-4(3-6)5-2/h2-3,5-8,12H,4H2,1H3,(H,19,23);2*4-8H,1,9H2,2-3H3;2-4H,1H3;3-5H,1-2H3/t;;;;4-/m....0/s1. The molecule has 0 aliphatic carbocycles. The van der Waals surface area contributed by atoms with E-state index in [4.69, 9.17) is 9.47 Å². The average Bonchev–Trinajstić information content (AvgIpc) is 3.66. The van der Waals surface area contributed by atoms with Crippen LogP contribution in [0.5, 0.6) is 11.5 Å². The molecule has 64 heavy (non-hydrogen) atoms. The van der Waals surface area contributed by atoms with Crippen molar-refractivity contribution in [1.82, 2.24) is 20.2 Å². The lowest BCUT2D eigenvalue weighted by Gasteiger charge is -2.16. The summed E-state index contributed by atoms with van der Waals surface area (Å²) in [5, 5.41) is 5.15. The quantitative estimate of drug-likeness (QED) is 0.0576. The Kier molecular flexibility index (Phi) is 25.8. The number of carbonyl (C=O) groups is 4. The number of likely N-dealkylation sites (N-methyl/N-ethyl adjacent to an activating group) is 3. The molecule has 16 heteroatoms. The maximum atomic E-state index is 13.2. The van der Waals surface area contributed by atoms with Crippen molar-refractivity contribution in [2.75, 3.05) is 58.3 Å². The molecule has 5 rings (SSSR count). The summed E-state index contributed by atoms with van der Waals surface area (Å²) in [7, 11) is 10.7. The van der Waals surface area contributed by atoms with Gasteiger partial charge in [-0.15, -0.1) is 13.2 Å². The molecule has 4 aromatic carbocycles. The van der Waals surface area contributed by atoms with E-state index in [-0.39, 0.29) is 29.4 Å². The van der Waals surface area contributed by atoms with Gasteiger partial charge in [0.15, 0.2) is 6.29 Å². The molecule has 0 aliphatic heterocycles. The Labute approximate surface area is 373 Å². The number of nitrogens with zero attached hydrogens (tertiary/aromatic N) is 4. The van der Waals surface area contributed by atoms with E-state index in [9.17, 15) is 36.7 Å². The first-order valence-corrected chi connectivity index (χ1v) is 19.6. The van der Waals surface area contributed by atoms with Gasteiger partial charge in [0.05, 0.1) is 32.6 Å². The normalized spacial score (nSPS) is 10.7. The van der Waals surface area contributed by atoms with Crippen LogP contribution in [-0.2, 0) is 23.1 Å². The number of aldehydes is 3. The zero-order chi connectivity index (χ0) is 48.2. The minimum atomic E-state index is -1.00. The van der Waals surface area contributed by atoms with Crippen LogP contribution in [0.3, 0.4) is 0 Å². The number of aryl methyl sites for hydroxylation is 2. The van der Waals surface area contributed by atoms with Crippen molar-refractivity contribution in [2.45, 2.75) is 32.4 Å². The third-order valence-electron chi connectivity index (χ3n) is 8.65. The van der Waals surface area contributed by atoms with Crippen LogP contribution in [0.2, 0.25) is 0 Å². The molecule has 0 bridgehead atoms. The van der Waals surface area contributed by atoms with Gasteiger partial charge < -0.3 is 44.1 Å². The van der Waals surface area contributed by atoms with E-state index in [1.54, 1.807) is 35.1 Å². The monoisotopic (exact) mass is 890 g/mol. The molecule has 12 nitrogen and oxygen atoms in total. The number of hydrogen-bond acceptors (Lipinski definition) is 10. The van der Waals surface area contributed by atoms with Gasteiger partial charge in [0.2, 0.25) is 0 Å². The van der Waals surface area contributed by atoms with Crippen LogP contribution in [0, 0.1) is 30.2 Å². The van der Waals surface area contributed by atoms with E-state index in [0.29, 0.717) is 24.2 Å². The van der Waals surface area contributed by atoms with E-state index in [1.165, 1.54) is 41.4 Å². The van der Waals surface area contributed by atoms with Crippen molar-refractivity contribution in [2.24, 2.45) is 7.05 Å². The summed E-state index contributed by atoms with van der Waals surface area (Å²) in [6.45, 7) is 12.5. The first-order chi connectivity index (χ1) is 30.5. The molecular formula is C48H58F4N6O6. The highest BCUT2D eigenvalue weighted by Crippen LogP contribution is 2.19. The largest absolute Gasteiger partial charge is 0.497 e. The summed E-state index contributed by atoms with van der Waals surface area (Å²) in [5.74, 6) is -1.50. The molecule has 0 radical (unpaired) electrons. The molecule has 1 amide bonds. The van der Waals surface area contributed by atoms with Gasteiger partial charge in [0.25, 0.3) is 5.91 Å². The summed E-state index contributed by atoms with van der Waals surface area (Å²) < 4.78 is 62.2.